The number of carbonyl (C=O) groups excluding carboxylic acids is 3. The summed E-state index contributed by atoms with van der Waals surface area (Å²) in [6.07, 6.45) is -9.06. The van der Waals surface area contributed by atoms with Crippen molar-refractivity contribution < 1.29 is 94.5 Å². The molecule has 2 aliphatic heterocycles. The second kappa shape index (κ2) is 22.5. The van der Waals surface area contributed by atoms with Gasteiger partial charge in [0.1, 0.15) is 42.4 Å². The molecule has 3 aromatic rings. The Labute approximate surface area is 362 Å². The number of nitrogens with zero attached hydrogens (tertiary/aromatic N) is 5. The summed E-state index contributed by atoms with van der Waals surface area (Å²) in [5, 5.41) is 40.4. The molecule has 0 aromatic carbocycles. The largest absolute Gasteiger partial charge is 0.481 e. The fraction of sp³-hybridized carbons (Fsp3) is 0.581. The Morgan fingerprint density at radius 1 is 0.828 bits per heavy atom. The van der Waals surface area contributed by atoms with Crippen molar-refractivity contribution in [3.63, 3.8) is 0 Å². The first-order valence-electron chi connectivity index (χ1n) is 19.1. The van der Waals surface area contributed by atoms with Crippen LogP contribution in [0.5, 0.6) is 0 Å². The minimum Gasteiger partial charge on any atom is -0.387 e. The highest BCUT2D eigenvalue weighted by atomic mass is 31.3. The molecule has 3 aromatic heterocycles. The Morgan fingerprint density at radius 3 is 2.11 bits per heavy atom. The highest BCUT2D eigenvalue weighted by Gasteiger charge is 2.52. The van der Waals surface area contributed by atoms with Crippen LogP contribution >= 0.6 is 23.5 Å². The van der Waals surface area contributed by atoms with Crippen molar-refractivity contribution in [2.75, 3.05) is 57.9 Å². The monoisotopic (exact) mass is 972 g/mol. The molecular weight excluding hydrogens is 923 g/mol. The second-order valence-corrected chi connectivity index (χ2v) is 18.2. The highest BCUT2D eigenvalue weighted by molar-refractivity contribution is 7.61. The highest BCUT2D eigenvalue weighted by Crippen LogP contribution is 2.61. The van der Waals surface area contributed by atoms with Crippen LogP contribution in [0.25, 0.3) is 11.2 Å². The van der Waals surface area contributed by atoms with Gasteiger partial charge in [0.25, 0.3) is 12.1 Å². The van der Waals surface area contributed by atoms with Gasteiger partial charge in [0.2, 0.25) is 11.8 Å². The summed E-state index contributed by atoms with van der Waals surface area (Å²) in [6.45, 7) is -1.87. The maximum absolute atomic E-state index is 13.1. The number of nitrogens with two attached hydrogens (primary N) is 3. The number of pyridine rings is 1. The minimum absolute atomic E-state index is 0.00905. The van der Waals surface area contributed by atoms with Crippen LogP contribution in [0.15, 0.2) is 37.2 Å². The van der Waals surface area contributed by atoms with Crippen LogP contribution in [0.4, 0.5) is 5.82 Å². The van der Waals surface area contributed by atoms with Gasteiger partial charge >= 0.3 is 23.5 Å². The second-order valence-electron chi connectivity index (χ2n) is 13.7. The molecule has 0 spiro atoms. The number of imidazole rings is 1. The molecule has 3 unspecified atom stereocenters. The molecule has 30 nitrogen and oxygen atoms in total. The zero-order valence-corrected chi connectivity index (χ0v) is 36.1. The van der Waals surface area contributed by atoms with E-state index >= 15 is 0 Å². The number of rotatable bonds is 25. The predicted molar refractivity (Wildman–Crippen MR) is 211 cm³/mol. The molecule has 3 amide bonds. The number of primary amides is 1. The summed E-state index contributed by atoms with van der Waals surface area (Å²) < 4.78 is 76.8. The van der Waals surface area contributed by atoms with Crippen molar-refractivity contribution in [3.05, 3.63) is 42.7 Å². The molecule has 2 aliphatic rings. The Hall–Kier alpha value is -4.00. The molecule has 5 rings (SSSR count). The molecule has 11 atom stereocenters. The normalized spacial score (nSPS) is 26.2. The molecule has 0 aliphatic carbocycles. The van der Waals surface area contributed by atoms with Gasteiger partial charge in [-0.3, -0.25) is 37.0 Å². The summed E-state index contributed by atoms with van der Waals surface area (Å²) in [5.41, 5.74) is 16.2. The van der Waals surface area contributed by atoms with E-state index in [9.17, 15) is 58.1 Å². The molecule has 0 saturated carbocycles. The van der Waals surface area contributed by atoms with Crippen molar-refractivity contribution >= 4 is 58.2 Å². The van der Waals surface area contributed by atoms with Crippen molar-refractivity contribution in [2.24, 2.45) is 17.2 Å². The van der Waals surface area contributed by atoms with Crippen molar-refractivity contribution in [2.45, 2.75) is 61.9 Å². The first-order chi connectivity index (χ1) is 30.2. The summed E-state index contributed by atoms with van der Waals surface area (Å²) in [5.74, 6) is -1.53. The molecule has 33 heteroatoms. The van der Waals surface area contributed by atoms with Crippen LogP contribution < -0.4 is 37.7 Å². The van der Waals surface area contributed by atoms with Gasteiger partial charge in [-0.15, -0.1) is 0 Å². The zero-order chi connectivity index (χ0) is 46.8. The Bertz CT molecular complexity index is 2240. The molecule has 356 valence electrons. The third-order valence-corrected chi connectivity index (χ3v) is 12.7. The number of nitrogens with one attached hydrogen (secondary N) is 3. The van der Waals surface area contributed by atoms with E-state index in [4.69, 9.17) is 44.8 Å². The third-order valence-electron chi connectivity index (χ3n) is 9.11. The number of aliphatic hydroxyl groups is 3. The first kappa shape index (κ1) is 51.0. The molecule has 2 fully saturated rings. The van der Waals surface area contributed by atoms with E-state index in [0.717, 1.165) is 17.2 Å². The van der Waals surface area contributed by atoms with Gasteiger partial charge in [-0.1, -0.05) is 0 Å². The van der Waals surface area contributed by atoms with Crippen molar-refractivity contribution in [1.29, 1.82) is 0 Å². The number of anilines is 1. The SMILES string of the molecule is NCCNC(=O)CCNc1ncnc2c1ncn2[C@@H]1O[C@H](COP(=O)(O)OP(=O)(O)OC[C@H]2O[C@@H]([n+]3cccc(C(N)=O)c3)[C@H](O)[C@@H]2O)[C@@H](O)[C@H]1OP(=O)(O)OCCC(=O)NCCN. The number of fused-ring (bicyclic) bond motifs is 1. The average molecular weight is 973 g/mol. The van der Waals surface area contributed by atoms with E-state index in [1.54, 1.807) is 0 Å². The molecule has 2 saturated heterocycles. The first-order valence-corrected chi connectivity index (χ1v) is 23.6. The number of hydrogen-bond donors (Lipinski definition) is 12. The van der Waals surface area contributed by atoms with Gasteiger partial charge in [0.15, 0.2) is 41.7 Å². The fourth-order valence-corrected chi connectivity index (χ4v) is 9.13. The van der Waals surface area contributed by atoms with Crippen LogP contribution in [0.3, 0.4) is 0 Å². The van der Waals surface area contributed by atoms with Crippen molar-refractivity contribution in [3.8, 4) is 0 Å². The number of phosphoric acid groups is 3. The standard InChI is InChI=1S/C31H48N11O19P3/c32-5-8-35-20(43)3-7-37-28-22-29(39-15-38-28)42(16-40-22)31-26(60-62(49,50)55-11-4-21(44)36-9-6-33)24(46)19(59-31)14-57-64(53,54)61-63(51,52)56-13-18-23(45)25(47)30(58-18)41-10-1-2-17(12-41)27(34)48/h1-2,10,12,15-16,18-19,23-26,30-31,45-47H,3-9,11,13-14,32-33H2,(H7-,34,35,36,37,38,39,43,44,48,49,50,51,52,53,54)/p+1/t18-,19-,23-,24-,25-,26-,30-,31-/m1/s1. The van der Waals surface area contributed by atoms with Crippen LogP contribution in [-0.2, 0) is 55.2 Å². The Morgan fingerprint density at radius 2 is 1.47 bits per heavy atom. The number of aromatic nitrogens is 5. The fourth-order valence-electron chi connectivity index (χ4n) is 6.12. The third kappa shape index (κ3) is 13.8. The van der Waals surface area contributed by atoms with Gasteiger partial charge in [-0.2, -0.15) is 8.88 Å². The molecule has 0 radical (unpaired) electrons. The van der Waals surface area contributed by atoms with E-state index in [-0.39, 0.29) is 67.6 Å². The molecule has 64 heavy (non-hydrogen) atoms. The van der Waals surface area contributed by atoms with E-state index in [0.29, 0.717) is 0 Å². The summed E-state index contributed by atoms with van der Waals surface area (Å²) in [4.78, 5) is 79.5. The lowest BCUT2D eigenvalue weighted by atomic mass is 10.1. The topological polar surface area (TPSA) is 450 Å². The molecule has 0 bridgehead atoms. The number of amides is 3. The van der Waals surface area contributed by atoms with E-state index < -0.39 is 111 Å². The zero-order valence-electron chi connectivity index (χ0n) is 33.5. The average Bonchev–Trinajstić information content (AvgIpc) is 3.89. The van der Waals surface area contributed by atoms with Gasteiger partial charge in [0, 0.05) is 45.2 Å². The van der Waals surface area contributed by atoms with Crippen molar-refractivity contribution in [1.82, 2.24) is 30.2 Å². The van der Waals surface area contributed by atoms with E-state index in [1.165, 1.54) is 29.1 Å². The van der Waals surface area contributed by atoms with Gasteiger partial charge in [-0.25, -0.2) is 28.6 Å². The lowest BCUT2D eigenvalue weighted by Gasteiger charge is -2.24. The lowest BCUT2D eigenvalue weighted by molar-refractivity contribution is -0.765. The van der Waals surface area contributed by atoms with Crippen LogP contribution in [0.1, 0.15) is 35.7 Å². The van der Waals surface area contributed by atoms with E-state index in [1.807, 2.05) is 0 Å². The number of hydrogen-bond acceptors (Lipinski definition) is 22. The Kier molecular flexibility index (Phi) is 17.9. The molecule has 5 heterocycles. The van der Waals surface area contributed by atoms with Gasteiger partial charge in [0.05, 0.1) is 32.6 Å². The van der Waals surface area contributed by atoms with Crippen LogP contribution in [0, 0.1) is 0 Å². The number of ether oxygens (including phenoxy) is 2. The van der Waals surface area contributed by atoms with Gasteiger partial charge in [-0.05, 0) is 6.07 Å². The van der Waals surface area contributed by atoms with E-state index in [2.05, 4.69) is 35.2 Å². The maximum Gasteiger partial charge on any atom is 0.481 e. The molecule has 15 N–H and O–H groups in total. The van der Waals surface area contributed by atoms with Crippen LogP contribution in [0.2, 0.25) is 0 Å². The lowest BCUT2D eigenvalue weighted by Crippen LogP contribution is -2.46. The number of phosphoric ester groups is 3. The summed E-state index contributed by atoms with van der Waals surface area (Å²) in [6, 6.07) is 2.78. The smallest absolute Gasteiger partial charge is 0.387 e. The predicted octanol–water partition coefficient (Wildman–Crippen LogP) is -4.11. The minimum atomic E-state index is -5.63. The number of carbonyl (C=O) groups is 3. The maximum atomic E-state index is 13.1. The summed E-state index contributed by atoms with van der Waals surface area (Å²) >= 11 is 0. The Balaban J connectivity index is 1.26. The summed E-state index contributed by atoms with van der Waals surface area (Å²) in [7, 11) is -16.3. The van der Waals surface area contributed by atoms with Gasteiger partial charge < -0.3 is 72.6 Å². The molecular formula is C31H49N11O19P3+. The number of aliphatic hydroxyl groups excluding tert-OH is 3. The quantitative estimate of drug-likeness (QED) is 0.0283. The van der Waals surface area contributed by atoms with Crippen LogP contribution in [-0.4, -0.2) is 156 Å².